The van der Waals surface area contributed by atoms with Crippen LogP contribution in [0.2, 0.25) is 0 Å². The number of nitrogens with zero attached hydrogens (tertiary/aromatic N) is 2. The van der Waals surface area contributed by atoms with Crippen molar-refractivity contribution in [2.75, 3.05) is 32.9 Å². The Labute approximate surface area is 153 Å². The molecular formula is C20H24N2O2S. The van der Waals surface area contributed by atoms with E-state index in [-0.39, 0.29) is 17.7 Å². The first-order chi connectivity index (χ1) is 12.0. The summed E-state index contributed by atoms with van der Waals surface area (Å²) in [7, 11) is 3.58. The minimum Gasteiger partial charge on any atom is -0.349 e. The number of hydrogen-bond acceptors (Lipinski definition) is 3. The molecule has 0 N–H and O–H groups in total. The maximum Gasteiger partial charge on any atom is 0.232 e. The second-order valence-electron chi connectivity index (χ2n) is 6.69. The molecule has 1 saturated heterocycles. The van der Waals surface area contributed by atoms with Gasteiger partial charge in [0.25, 0.3) is 0 Å². The molecule has 0 aromatic heterocycles. The topological polar surface area (TPSA) is 40.6 Å². The fourth-order valence-electron chi connectivity index (χ4n) is 3.23. The molecule has 0 aliphatic carbocycles. The van der Waals surface area contributed by atoms with Crippen molar-refractivity contribution < 1.29 is 9.59 Å². The van der Waals surface area contributed by atoms with E-state index in [9.17, 15) is 9.59 Å². The average molecular weight is 356 g/mol. The molecule has 2 aromatic rings. The Balaban J connectivity index is 1.52. The Morgan fingerprint density at radius 3 is 2.44 bits per heavy atom. The summed E-state index contributed by atoms with van der Waals surface area (Å²) >= 11 is 1.58. The van der Waals surface area contributed by atoms with Crippen molar-refractivity contribution in [3.05, 3.63) is 42.5 Å². The van der Waals surface area contributed by atoms with Crippen molar-refractivity contribution in [1.82, 2.24) is 9.80 Å². The van der Waals surface area contributed by atoms with E-state index in [2.05, 4.69) is 30.3 Å². The zero-order valence-corrected chi connectivity index (χ0v) is 15.6. The summed E-state index contributed by atoms with van der Waals surface area (Å²) in [4.78, 5) is 29.1. The molecule has 5 heteroatoms. The molecule has 1 fully saturated rings. The fraction of sp³-hybridized carbons (Fsp3) is 0.400. The Bertz CT molecular complexity index is 767. The van der Waals surface area contributed by atoms with Crippen LogP contribution in [0.4, 0.5) is 0 Å². The van der Waals surface area contributed by atoms with Gasteiger partial charge in [0, 0.05) is 38.0 Å². The third-order valence-electron chi connectivity index (χ3n) is 4.72. The van der Waals surface area contributed by atoms with E-state index >= 15 is 0 Å². The predicted octanol–water partition coefficient (Wildman–Crippen LogP) is 3.26. The number of likely N-dealkylation sites (tertiary alicyclic amines) is 1. The largest absolute Gasteiger partial charge is 0.349 e. The third kappa shape index (κ3) is 4.34. The molecule has 1 aliphatic rings. The first-order valence-electron chi connectivity index (χ1n) is 8.65. The van der Waals surface area contributed by atoms with Crippen molar-refractivity contribution in [3.63, 3.8) is 0 Å². The lowest BCUT2D eigenvalue weighted by Crippen LogP contribution is -2.43. The van der Waals surface area contributed by atoms with E-state index in [0.717, 1.165) is 17.7 Å². The fourth-order valence-corrected chi connectivity index (χ4v) is 4.08. The molecule has 2 amide bonds. The van der Waals surface area contributed by atoms with Crippen LogP contribution >= 0.6 is 11.8 Å². The highest BCUT2D eigenvalue weighted by molar-refractivity contribution is 8.00. The molecule has 0 radical (unpaired) electrons. The number of thioether (sulfide) groups is 1. The van der Waals surface area contributed by atoms with Crippen molar-refractivity contribution in [1.29, 1.82) is 0 Å². The first-order valence-corrected chi connectivity index (χ1v) is 9.63. The summed E-state index contributed by atoms with van der Waals surface area (Å²) in [6, 6.07) is 14.5. The smallest absolute Gasteiger partial charge is 0.232 e. The highest BCUT2D eigenvalue weighted by atomic mass is 32.2. The molecule has 4 nitrogen and oxygen atoms in total. The number of piperidine rings is 1. The van der Waals surface area contributed by atoms with Crippen LogP contribution in [-0.2, 0) is 9.59 Å². The van der Waals surface area contributed by atoms with Crippen LogP contribution in [0.3, 0.4) is 0 Å². The predicted molar refractivity (Wildman–Crippen MR) is 103 cm³/mol. The van der Waals surface area contributed by atoms with Gasteiger partial charge in [-0.05, 0) is 35.7 Å². The molecule has 25 heavy (non-hydrogen) atoms. The molecular weight excluding hydrogens is 332 g/mol. The molecule has 0 saturated carbocycles. The molecule has 0 unspecified atom stereocenters. The minimum absolute atomic E-state index is 0.0622. The standard InChI is InChI=1S/C20H24N2O2S/c1-21(2)20(24)16-9-11-22(12-10-16)19(23)14-25-18-8-7-15-5-3-4-6-17(15)13-18/h3-8,13,16H,9-12,14H2,1-2H3. The zero-order chi connectivity index (χ0) is 17.8. The molecule has 1 heterocycles. The lowest BCUT2D eigenvalue weighted by molar-refractivity contribution is -0.138. The number of hydrogen-bond donors (Lipinski definition) is 0. The summed E-state index contributed by atoms with van der Waals surface area (Å²) in [6.07, 6.45) is 1.53. The van der Waals surface area contributed by atoms with Gasteiger partial charge in [0.1, 0.15) is 0 Å². The minimum atomic E-state index is 0.0622. The second kappa shape index (κ2) is 7.91. The van der Waals surface area contributed by atoms with Crippen molar-refractivity contribution in [3.8, 4) is 0 Å². The Morgan fingerprint density at radius 1 is 1.08 bits per heavy atom. The molecule has 0 bridgehead atoms. The highest BCUT2D eigenvalue weighted by Gasteiger charge is 2.27. The van der Waals surface area contributed by atoms with Gasteiger partial charge in [-0.1, -0.05) is 30.3 Å². The van der Waals surface area contributed by atoms with Gasteiger partial charge in [-0.3, -0.25) is 9.59 Å². The maximum absolute atomic E-state index is 12.5. The van der Waals surface area contributed by atoms with E-state index in [1.54, 1.807) is 30.8 Å². The lowest BCUT2D eigenvalue weighted by Gasteiger charge is -2.32. The summed E-state index contributed by atoms with van der Waals surface area (Å²) in [5.74, 6) is 0.851. The molecule has 132 valence electrons. The Morgan fingerprint density at radius 2 is 1.76 bits per heavy atom. The van der Waals surface area contributed by atoms with Gasteiger partial charge in [0.2, 0.25) is 11.8 Å². The van der Waals surface area contributed by atoms with Crippen LogP contribution in [0.5, 0.6) is 0 Å². The van der Waals surface area contributed by atoms with Crippen LogP contribution < -0.4 is 0 Å². The van der Waals surface area contributed by atoms with E-state index in [4.69, 9.17) is 0 Å². The van der Waals surface area contributed by atoms with Gasteiger partial charge >= 0.3 is 0 Å². The van der Waals surface area contributed by atoms with Gasteiger partial charge in [-0.15, -0.1) is 11.8 Å². The molecule has 0 spiro atoms. The lowest BCUT2D eigenvalue weighted by atomic mass is 9.95. The van der Waals surface area contributed by atoms with Crippen LogP contribution in [0.15, 0.2) is 47.4 Å². The molecule has 0 atom stereocenters. The van der Waals surface area contributed by atoms with Crippen LogP contribution in [0.25, 0.3) is 10.8 Å². The number of fused-ring (bicyclic) bond motifs is 1. The molecule has 2 aromatic carbocycles. The zero-order valence-electron chi connectivity index (χ0n) is 14.8. The summed E-state index contributed by atoms with van der Waals surface area (Å²) in [6.45, 7) is 1.36. The number of rotatable bonds is 4. The Hall–Kier alpha value is -2.01. The van der Waals surface area contributed by atoms with E-state index in [0.29, 0.717) is 18.8 Å². The number of carbonyl (C=O) groups excluding carboxylic acids is 2. The third-order valence-corrected chi connectivity index (χ3v) is 5.70. The van der Waals surface area contributed by atoms with E-state index in [1.165, 1.54) is 10.8 Å². The average Bonchev–Trinajstić information content (AvgIpc) is 2.65. The molecule has 1 aliphatic heterocycles. The highest BCUT2D eigenvalue weighted by Crippen LogP contribution is 2.25. The monoisotopic (exact) mass is 356 g/mol. The van der Waals surface area contributed by atoms with Crippen molar-refractivity contribution in [2.45, 2.75) is 17.7 Å². The Kier molecular flexibility index (Phi) is 5.63. The van der Waals surface area contributed by atoms with Crippen molar-refractivity contribution in [2.24, 2.45) is 5.92 Å². The van der Waals surface area contributed by atoms with Gasteiger partial charge in [0.15, 0.2) is 0 Å². The quantitative estimate of drug-likeness (QED) is 0.790. The van der Waals surface area contributed by atoms with Gasteiger partial charge < -0.3 is 9.80 Å². The number of amides is 2. The molecule has 3 rings (SSSR count). The number of carbonyl (C=O) groups is 2. The second-order valence-corrected chi connectivity index (χ2v) is 7.73. The van der Waals surface area contributed by atoms with E-state index < -0.39 is 0 Å². The maximum atomic E-state index is 12.5. The number of benzene rings is 2. The summed E-state index contributed by atoms with van der Waals surface area (Å²) < 4.78 is 0. The van der Waals surface area contributed by atoms with Crippen LogP contribution in [0.1, 0.15) is 12.8 Å². The normalized spacial score (nSPS) is 15.4. The van der Waals surface area contributed by atoms with Crippen molar-refractivity contribution >= 4 is 34.3 Å². The van der Waals surface area contributed by atoms with Gasteiger partial charge in [-0.25, -0.2) is 0 Å². The first kappa shape index (κ1) is 17.8. The SMILES string of the molecule is CN(C)C(=O)C1CCN(C(=O)CSc2ccc3ccccc3c2)CC1. The van der Waals surface area contributed by atoms with E-state index in [1.807, 2.05) is 17.0 Å². The van der Waals surface area contributed by atoms with Crippen LogP contribution in [0, 0.1) is 5.92 Å². The summed E-state index contributed by atoms with van der Waals surface area (Å²) in [5, 5.41) is 2.41. The summed E-state index contributed by atoms with van der Waals surface area (Å²) in [5.41, 5.74) is 0. The van der Waals surface area contributed by atoms with Gasteiger partial charge in [-0.2, -0.15) is 0 Å². The van der Waals surface area contributed by atoms with Gasteiger partial charge in [0.05, 0.1) is 5.75 Å². The van der Waals surface area contributed by atoms with Crippen LogP contribution in [-0.4, -0.2) is 54.6 Å².